The lowest BCUT2D eigenvalue weighted by molar-refractivity contribution is 0.114. The molecule has 0 heterocycles. The third-order valence-electron chi connectivity index (χ3n) is 2.98. The average Bonchev–Trinajstić information content (AvgIpc) is 2.35. The minimum absolute atomic E-state index is 0.280. The van der Waals surface area contributed by atoms with Gasteiger partial charge in [-0.3, -0.25) is 0 Å². The summed E-state index contributed by atoms with van der Waals surface area (Å²) in [5, 5.41) is 0. The summed E-state index contributed by atoms with van der Waals surface area (Å²) in [5.41, 5.74) is 6.51. The van der Waals surface area contributed by atoms with Crippen LogP contribution in [-0.2, 0) is 11.3 Å². The molecule has 0 bridgehead atoms. The summed E-state index contributed by atoms with van der Waals surface area (Å²) in [7, 11) is 0. The van der Waals surface area contributed by atoms with Gasteiger partial charge in [-0.05, 0) is 18.6 Å². The number of nitrogens with two attached hydrogens (primary N) is 1. The minimum atomic E-state index is -0.280. The van der Waals surface area contributed by atoms with Crippen LogP contribution in [0.4, 0.5) is 10.1 Å². The Morgan fingerprint density at radius 2 is 1.83 bits per heavy atom. The molecular formula is C15H24FNO. The molecule has 18 heavy (non-hydrogen) atoms. The summed E-state index contributed by atoms with van der Waals surface area (Å²) in [6.07, 6.45) is 7.42. The summed E-state index contributed by atoms with van der Waals surface area (Å²) in [6, 6.07) is 4.72. The van der Waals surface area contributed by atoms with Crippen molar-refractivity contribution in [3.63, 3.8) is 0 Å². The fourth-order valence-electron chi connectivity index (χ4n) is 1.85. The van der Waals surface area contributed by atoms with Crippen LogP contribution in [0.1, 0.15) is 51.0 Å². The predicted octanol–water partition coefficient (Wildman–Crippen LogP) is 4.29. The number of nitrogen functional groups attached to an aromatic ring is 1. The van der Waals surface area contributed by atoms with E-state index in [0.29, 0.717) is 24.5 Å². The second-order valence-electron chi connectivity index (χ2n) is 4.67. The highest BCUT2D eigenvalue weighted by atomic mass is 19.1. The zero-order valence-electron chi connectivity index (χ0n) is 11.3. The number of halogens is 1. The fraction of sp³-hybridized carbons (Fsp3) is 0.600. The molecule has 0 fully saturated rings. The average molecular weight is 253 g/mol. The van der Waals surface area contributed by atoms with Gasteiger partial charge >= 0.3 is 0 Å². The van der Waals surface area contributed by atoms with Gasteiger partial charge in [0.2, 0.25) is 0 Å². The quantitative estimate of drug-likeness (QED) is 0.526. The molecule has 1 aromatic rings. The molecule has 0 unspecified atom stereocenters. The molecule has 1 rings (SSSR count). The number of anilines is 1. The Morgan fingerprint density at radius 3 is 2.56 bits per heavy atom. The van der Waals surface area contributed by atoms with Crippen LogP contribution in [0.3, 0.4) is 0 Å². The van der Waals surface area contributed by atoms with Gasteiger partial charge in [-0.1, -0.05) is 45.1 Å². The van der Waals surface area contributed by atoms with E-state index < -0.39 is 0 Å². The van der Waals surface area contributed by atoms with E-state index in [1.165, 1.54) is 38.2 Å². The summed E-state index contributed by atoms with van der Waals surface area (Å²) in [5.74, 6) is -0.280. The summed E-state index contributed by atoms with van der Waals surface area (Å²) in [6.45, 7) is 3.25. The third kappa shape index (κ3) is 6.01. The van der Waals surface area contributed by atoms with E-state index in [4.69, 9.17) is 10.5 Å². The van der Waals surface area contributed by atoms with Crippen molar-refractivity contribution < 1.29 is 9.13 Å². The Balaban J connectivity index is 2.07. The molecule has 0 aliphatic heterocycles. The molecule has 2 N–H and O–H groups in total. The van der Waals surface area contributed by atoms with Gasteiger partial charge in [0, 0.05) is 17.9 Å². The van der Waals surface area contributed by atoms with E-state index in [2.05, 4.69) is 6.92 Å². The van der Waals surface area contributed by atoms with Crippen molar-refractivity contribution in [2.75, 3.05) is 12.3 Å². The van der Waals surface area contributed by atoms with Crippen LogP contribution >= 0.6 is 0 Å². The van der Waals surface area contributed by atoms with Crippen LogP contribution in [0.25, 0.3) is 0 Å². The standard InChI is InChI=1S/C15H24FNO/c1-2-3-4-5-6-7-10-18-12-13-8-9-14(17)11-15(13)16/h8-9,11H,2-7,10,12,17H2,1H3. The first-order valence-corrected chi connectivity index (χ1v) is 6.85. The number of rotatable bonds is 9. The van der Waals surface area contributed by atoms with Gasteiger partial charge in [0.25, 0.3) is 0 Å². The molecule has 0 amide bonds. The molecule has 3 heteroatoms. The second kappa shape index (κ2) is 8.92. The minimum Gasteiger partial charge on any atom is -0.399 e. The topological polar surface area (TPSA) is 35.2 Å². The van der Waals surface area contributed by atoms with E-state index in [1.807, 2.05) is 0 Å². The van der Waals surface area contributed by atoms with Crippen LogP contribution < -0.4 is 5.73 Å². The molecular weight excluding hydrogens is 229 g/mol. The second-order valence-corrected chi connectivity index (χ2v) is 4.67. The number of ether oxygens (including phenoxy) is 1. The van der Waals surface area contributed by atoms with Gasteiger partial charge in [0.05, 0.1) is 6.61 Å². The monoisotopic (exact) mass is 253 g/mol. The van der Waals surface area contributed by atoms with Crippen LogP contribution in [-0.4, -0.2) is 6.61 Å². The van der Waals surface area contributed by atoms with Gasteiger partial charge in [0.15, 0.2) is 0 Å². The molecule has 0 radical (unpaired) electrons. The van der Waals surface area contributed by atoms with Crippen LogP contribution in [0.5, 0.6) is 0 Å². The summed E-state index contributed by atoms with van der Waals surface area (Å²) >= 11 is 0. The van der Waals surface area contributed by atoms with E-state index in [-0.39, 0.29) is 5.82 Å². The van der Waals surface area contributed by atoms with Crippen molar-refractivity contribution in [2.24, 2.45) is 0 Å². The largest absolute Gasteiger partial charge is 0.399 e. The van der Waals surface area contributed by atoms with Crippen molar-refractivity contribution in [3.8, 4) is 0 Å². The maximum atomic E-state index is 13.4. The zero-order chi connectivity index (χ0) is 13.2. The molecule has 2 nitrogen and oxygen atoms in total. The smallest absolute Gasteiger partial charge is 0.130 e. The van der Waals surface area contributed by atoms with Gasteiger partial charge in [0.1, 0.15) is 5.82 Å². The molecule has 0 aromatic heterocycles. The lowest BCUT2D eigenvalue weighted by Crippen LogP contribution is -1.99. The number of hydrogen-bond donors (Lipinski definition) is 1. The van der Waals surface area contributed by atoms with E-state index in [0.717, 1.165) is 6.42 Å². The SMILES string of the molecule is CCCCCCCCOCc1ccc(N)cc1F. The first-order valence-electron chi connectivity index (χ1n) is 6.85. The molecule has 0 atom stereocenters. The molecule has 0 spiro atoms. The lowest BCUT2D eigenvalue weighted by Gasteiger charge is -2.06. The van der Waals surface area contributed by atoms with Gasteiger partial charge in [-0.2, -0.15) is 0 Å². The Morgan fingerprint density at radius 1 is 1.11 bits per heavy atom. The first-order chi connectivity index (χ1) is 8.74. The number of unbranched alkanes of at least 4 members (excludes halogenated alkanes) is 5. The Bertz CT molecular complexity index is 341. The molecule has 102 valence electrons. The molecule has 0 saturated carbocycles. The first kappa shape index (κ1) is 15.0. The van der Waals surface area contributed by atoms with E-state index in [9.17, 15) is 4.39 Å². The van der Waals surface area contributed by atoms with Gasteiger partial charge < -0.3 is 10.5 Å². The lowest BCUT2D eigenvalue weighted by atomic mass is 10.1. The Kier molecular flexibility index (Phi) is 7.42. The van der Waals surface area contributed by atoms with Crippen LogP contribution in [0, 0.1) is 5.82 Å². The molecule has 0 saturated heterocycles. The number of hydrogen-bond acceptors (Lipinski definition) is 2. The zero-order valence-corrected chi connectivity index (χ0v) is 11.3. The maximum absolute atomic E-state index is 13.4. The van der Waals surface area contributed by atoms with Gasteiger partial charge in [-0.25, -0.2) is 4.39 Å². The van der Waals surface area contributed by atoms with E-state index in [1.54, 1.807) is 12.1 Å². The fourth-order valence-corrected chi connectivity index (χ4v) is 1.85. The molecule has 0 aliphatic carbocycles. The van der Waals surface area contributed by atoms with Gasteiger partial charge in [-0.15, -0.1) is 0 Å². The number of benzene rings is 1. The molecule has 1 aromatic carbocycles. The highest BCUT2D eigenvalue weighted by Gasteiger charge is 2.02. The summed E-state index contributed by atoms with van der Waals surface area (Å²) < 4.78 is 18.9. The highest BCUT2D eigenvalue weighted by molar-refractivity contribution is 5.40. The predicted molar refractivity (Wildman–Crippen MR) is 73.8 cm³/mol. The van der Waals surface area contributed by atoms with Crippen molar-refractivity contribution in [3.05, 3.63) is 29.6 Å². The summed E-state index contributed by atoms with van der Waals surface area (Å²) in [4.78, 5) is 0. The third-order valence-corrected chi connectivity index (χ3v) is 2.98. The maximum Gasteiger partial charge on any atom is 0.130 e. The Labute approximate surface area is 109 Å². The normalized spacial score (nSPS) is 10.8. The highest BCUT2D eigenvalue weighted by Crippen LogP contribution is 2.13. The Hall–Kier alpha value is -1.09. The van der Waals surface area contributed by atoms with Crippen molar-refractivity contribution in [1.82, 2.24) is 0 Å². The molecule has 0 aliphatic rings. The van der Waals surface area contributed by atoms with Crippen molar-refractivity contribution in [1.29, 1.82) is 0 Å². The van der Waals surface area contributed by atoms with Crippen LogP contribution in [0.2, 0.25) is 0 Å². The van der Waals surface area contributed by atoms with Crippen LogP contribution in [0.15, 0.2) is 18.2 Å². The van der Waals surface area contributed by atoms with Crippen molar-refractivity contribution in [2.45, 2.75) is 52.1 Å². The van der Waals surface area contributed by atoms with Crippen molar-refractivity contribution >= 4 is 5.69 Å². The van der Waals surface area contributed by atoms with E-state index >= 15 is 0 Å².